The summed E-state index contributed by atoms with van der Waals surface area (Å²) in [7, 11) is 1.46. The normalized spacial score (nSPS) is 12.3. The summed E-state index contributed by atoms with van der Waals surface area (Å²) in [6.45, 7) is 0. The molecule has 0 aliphatic heterocycles. The maximum atomic E-state index is 14.0. The van der Waals surface area contributed by atoms with Crippen molar-refractivity contribution in [2.24, 2.45) is 0 Å². The van der Waals surface area contributed by atoms with Gasteiger partial charge < -0.3 is 4.74 Å². The van der Waals surface area contributed by atoms with Crippen molar-refractivity contribution >= 4 is 34.8 Å². The maximum Gasteiger partial charge on any atom is 0.131 e. The van der Waals surface area contributed by atoms with E-state index in [-0.39, 0.29) is 5.56 Å². The van der Waals surface area contributed by atoms with Crippen molar-refractivity contribution in [3.63, 3.8) is 0 Å². The molecule has 2 aromatic carbocycles. The molecular weight excluding hydrogens is 310 g/mol. The summed E-state index contributed by atoms with van der Waals surface area (Å²) in [6, 6.07) is 9.44. The minimum atomic E-state index is -0.749. The zero-order valence-corrected chi connectivity index (χ0v) is 12.2. The molecule has 0 amide bonds. The molecule has 0 spiro atoms. The second kappa shape index (κ2) is 6.00. The molecule has 1 unspecified atom stereocenters. The van der Waals surface area contributed by atoms with E-state index in [9.17, 15) is 4.39 Å². The lowest BCUT2D eigenvalue weighted by Crippen LogP contribution is -2.01. The Hall–Kier alpha value is -0.960. The van der Waals surface area contributed by atoms with Crippen LogP contribution in [-0.2, 0) is 0 Å². The number of rotatable bonds is 3. The van der Waals surface area contributed by atoms with Crippen LogP contribution in [0.15, 0.2) is 36.4 Å². The van der Waals surface area contributed by atoms with Crippen molar-refractivity contribution in [1.29, 1.82) is 0 Å². The monoisotopic (exact) mass is 318 g/mol. The third-order valence-corrected chi connectivity index (χ3v) is 3.74. The zero-order valence-electron chi connectivity index (χ0n) is 9.96. The summed E-state index contributed by atoms with van der Waals surface area (Å²) in [5.41, 5.74) is 0.840. The van der Waals surface area contributed by atoms with Crippen LogP contribution in [0.1, 0.15) is 16.5 Å². The fourth-order valence-corrected chi connectivity index (χ4v) is 2.78. The average Bonchev–Trinajstić information content (AvgIpc) is 2.37. The molecule has 1 atom stereocenters. The molecule has 0 N–H and O–H groups in total. The third kappa shape index (κ3) is 2.97. The average molecular weight is 320 g/mol. The number of hydrogen-bond acceptors (Lipinski definition) is 1. The van der Waals surface area contributed by atoms with Gasteiger partial charge in [0.25, 0.3) is 0 Å². The standard InChI is InChI=1S/C14H10Cl3FO/c1-19-12-4-2-3-11(18)13(12)14(17)9-6-5-8(15)7-10(9)16/h2-7,14H,1H3. The number of halogens is 4. The molecule has 0 saturated heterocycles. The van der Waals surface area contributed by atoms with Crippen LogP contribution in [-0.4, -0.2) is 7.11 Å². The molecule has 0 aromatic heterocycles. The summed E-state index contributed by atoms with van der Waals surface area (Å²) in [5, 5.41) is 0.136. The van der Waals surface area contributed by atoms with E-state index < -0.39 is 11.2 Å². The van der Waals surface area contributed by atoms with Crippen molar-refractivity contribution in [2.75, 3.05) is 7.11 Å². The lowest BCUT2D eigenvalue weighted by atomic mass is 10.0. The number of hydrogen-bond donors (Lipinski definition) is 0. The highest BCUT2D eigenvalue weighted by Gasteiger charge is 2.22. The summed E-state index contributed by atoms with van der Waals surface area (Å²) in [5.74, 6) is -0.0589. The molecule has 0 radical (unpaired) electrons. The summed E-state index contributed by atoms with van der Waals surface area (Å²) in [6.07, 6.45) is 0. The van der Waals surface area contributed by atoms with Crippen molar-refractivity contribution in [3.8, 4) is 5.75 Å². The Morgan fingerprint density at radius 1 is 1.16 bits per heavy atom. The second-order valence-electron chi connectivity index (χ2n) is 3.88. The van der Waals surface area contributed by atoms with Crippen LogP contribution in [0.2, 0.25) is 10.0 Å². The minimum Gasteiger partial charge on any atom is -0.496 e. The molecule has 0 heterocycles. The lowest BCUT2D eigenvalue weighted by molar-refractivity contribution is 0.405. The first-order valence-corrected chi connectivity index (χ1v) is 6.65. The van der Waals surface area contributed by atoms with E-state index in [0.717, 1.165) is 0 Å². The van der Waals surface area contributed by atoms with Gasteiger partial charge in [-0.05, 0) is 29.8 Å². The van der Waals surface area contributed by atoms with Crippen LogP contribution >= 0.6 is 34.8 Å². The van der Waals surface area contributed by atoms with E-state index in [0.29, 0.717) is 21.4 Å². The maximum absolute atomic E-state index is 14.0. The van der Waals surface area contributed by atoms with Crippen molar-refractivity contribution < 1.29 is 9.13 Å². The number of alkyl halides is 1. The van der Waals surface area contributed by atoms with E-state index in [1.807, 2.05) is 0 Å². The van der Waals surface area contributed by atoms with Crippen molar-refractivity contribution in [1.82, 2.24) is 0 Å². The quantitative estimate of drug-likeness (QED) is 0.682. The highest BCUT2D eigenvalue weighted by Crippen LogP contribution is 2.40. The van der Waals surface area contributed by atoms with Crippen LogP contribution in [0.4, 0.5) is 4.39 Å². The molecule has 0 aliphatic carbocycles. The topological polar surface area (TPSA) is 9.23 Å². The highest BCUT2D eigenvalue weighted by molar-refractivity contribution is 6.36. The summed E-state index contributed by atoms with van der Waals surface area (Å²) < 4.78 is 19.1. The third-order valence-electron chi connectivity index (χ3n) is 2.72. The van der Waals surface area contributed by atoms with Crippen LogP contribution in [0.25, 0.3) is 0 Å². The predicted molar refractivity (Wildman–Crippen MR) is 77.1 cm³/mol. The second-order valence-corrected chi connectivity index (χ2v) is 5.16. The lowest BCUT2D eigenvalue weighted by Gasteiger charge is -2.16. The zero-order chi connectivity index (χ0) is 14.0. The van der Waals surface area contributed by atoms with Gasteiger partial charge in [-0.2, -0.15) is 0 Å². The van der Waals surface area contributed by atoms with E-state index >= 15 is 0 Å². The van der Waals surface area contributed by atoms with Crippen LogP contribution < -0.4 is 4.74 Å². The van der Waals surface area contributed by atoms with Gasteiger partial charge in [0.2, 0.25) is 0 Å². The van der Waals surface area contributed by atoms with E-state index in [2.05, 4.69) is 0 Å². The smallest absolute Gasteiger partial charge is 0.131 e. The van der Waals surface area contributed by atoms with Gasteiger partial charge in [-0.15, -0.1) is 11.6 Å². The molecule has 2 aromatic rings. The largest absolute Gasteiger partial charge is 0.496 e. The van der Waals surface area contributed by atoms with Crippen molar-refractivity contribution in [2.45, 2.75) is 5.38 Å². The molecule has 5 heteroatoms. The predicted octanol–water partition coefficient (Wildman–Crippen LogP) is 5.47. The van der Waals surface area contributed by atoms with Gasteiger partial charge in [-0.3, -0.25) is 0 Å². The first-order chi connectivity index (χ1) is 9.04. The van der Waals surface area contributed by atoms with Gasteiger partial charge in [-0.25, -0.2) is 4.39 Å². The Bertz CT molecular complexity index is 601. The van der Waals surface area contributed by atoms with Gasteiger partial charge >= 0.3 is 0 Å². The fraction of sp³-hybridized carbons (Fsp3) is 0.143. The Morgan fingerprint density at radius 2 is 1.89 bits per heavy atom. The molecule has 100 valence electrons. The molecule has 0 saturated carbocycles. The van der Waals surface area contributed by atoms with Crippen LogP contribution in [0.3, 0.4) is 0 Å². The summed E-state index contributed by atoms with van der Waals surface area (Å²) >= 11 is 18.3. The Morgan fingerprint density at radius 3 is 2.53 bits per heavy atom. The van der Waals surface area contributed by atoms with Crippen LogP contribution in [0.5, 0.6) is 5.75 Å². The number of methoxy groups -OCH3 is 1. The molecule has 1 nitrogen and oxygen atoms in total. The van der Waals surface area contributed by atoms with Crippen molar-refractivity contribution in [3.05, 3.63) is 63.4 Å². The van der Waals surface area contributed by atoms with Gasteiger partial charge in [0.15, 0.2) is 0 Å². The highest BCUT2D eigenvalue weighted by atomic mass is 35.5. The molecule has 19 heavy (non-hydrogen) atoms. The first-order valence-electron chi connectivity index (χ1n) is 5.46. The number of ether oxygens (including phenoxy) is 1. The van der Waals surface area contributed by atoms with Crippen LogP contribution in [0, 0.1) is 5.82 Å². The minimum absolute atomic E-state index is 0.260. The fourth-order valence-electron chi connectivity index (χ4n) is 1.80. The van der Waals surface area contributed by atoms with E-state index in [1.165, 1.54) is 13.2 Å². The molecule has 2 rings (SSSR count). The van der Waals surface area contributed by atoms with Gasteiger partial charge in [0.1, 0.15) is 11.6 Å². The Labute approximate surface area is 125 Å². The first kappa shape index (κ1) is 14.4. The number of benzene rings is 2. The van der Waals surface area contributed by atoms with Gasteiger partial charge in [0, 0.05) is 10.0 Å². The SMILES string of the molecule is COc1cccc(F)c1C(Cl)c1ccc(Cl)cc1Cl. The molecular formula is C14H10Cl3FO. The van der Waals surface area contributed by atoms with E-state index in [4.69, 9.17) is 39.5 Å². The Kier molecular flexibility index (Phi) is 4.56. The Balaban J connectivity index is 2.52. The molecule has 0 fully saturated rings. The van der Waals surface area contributed by atoms with Gasteiger partial charge in [0.05, 0.1) is 18.1 Å². The molecule has 0 bridgehead atoms. The molecule has 0 aliphatic rings. The summed E-state index contributed by atoms with van der Waals surface area (Å²) in [4.78, 5) is 0. The van der Waals surface area contributed by atoms with Gasteiger partial charge in [-0.1, -0.05) is 35.3 Å². The van der Waals surface area contributed by atoms with E-state index in [1.54, 1.807) is 30.3 Å².